The molecule has 1 rings (SSSR count). The lowest BCUT2D eigenvalue weighted by Crippen LogP contribution is -2.01. The summed E-state index contributed by atoms with van der Waals surface area (Å²) in [7, 11) is 0. The van der Waals surface area contributed by atoms with E-state index in [4.69, 9.17) is 23.2 Å². The van der Waals surface area contributed by atoms with Crippen molar-refractivity contribution in [3.05, 3.63) is 36.8 Å². The van der Waals surface area contributed by atoms with Gasteiger partial charge in [0.05, 0.1) is 6.54 Å². The van der Waals surface area contributed by atoms with Crippen molar-refractivity contribution < 1.29 is 0 Å². The zero-order valence-corrected chi connectivity index (χ0v) is 12.3. The molecule has 0 saturated carbocycles. The number of anilines is 1. The first-order valence-electron chi connectivity index (χ1n) is 3.77. The first kappa shape index (κ1) is 12.6. The average molecular weight is 407 g/mol. The van der Waals surface area contributed by atoms with Gasteiger partial charge in [0, 0.05) is 24.3 Å². The lowest BCUT2D eigenvalue weighted by Gasteiger charge is -2.07. The summed E-state index contributed by atoms with van der Waals surface area (Å²) in [4.78, 5) is 0. The summed E-state index contributed by atoms with van der Waals surface area (Å²) >= 11 is 16.9. The molecule has 0 fully saturated rings. The predicted molar refractivity (Wildman–Crippen MR) is 75.1 cm³/mol. The molecular formula is C9H7BrCl2IN. The highest BCUT2D eigenvalue weighted by atomic mass is 127. The summed E-state index contributed by atoms with van der Waals surface area (Å²) in [6, 6.07) is 6.04. The second-order valence-electron chi connectivity index (χ2n) is 2.53. The molecule has 0 aliphatic heterocycles. The first-order valence-corrected chi connectivity index (χ1v) is 6.46. The standard InChI is InChI=1S/C9H7BrCl2IN/c10-8-2-1-7(13)3-9(8)14-5-6(12)4-11/h1-4,14H,5H2/b6-4+. The maximum Gasteiger partial charge on any atom is 0.0517 e. The summed E-state index contributed by atoms with van der Waals surface area (Å²) in [5.41, 5.74) is 2.37. The molecule has 1 aromatic carbocycles. The lowest BCUT2D eigenvalue weighted by molar-refractivity contribution is 1.30. The quantitative estimate of drug-likeness (QED) is 0.712. The van der Waals surface area contributed by atoms with Crippen molar-refractivity contribution in [2.75, 3.05) is 11.9 Å². The molecule has 0 aromatic heterocycles. The second kappa shape index (κ2) is 6.20. The van der Waals surface area contributed by atoms with Crippen molar-refractivity contribution in [1.29, 1.82) is 0 Å². The van der Waals surface area contributed by atoms with E-state index in [1.165, 1.54) is 9.11 Å². The Morgan fingerprint density at radius 3 is 2.93 bits per heavy atom. The molecule has 14 heavy (non-hydrogen) atoms. The van der Waals surface area contributed by atoms with Crippen LogP contribution in [0.2, 0.25) is 0 Å². The minimum absolute atomic E-state index is 0.531. The molecule has 1 N–H and O–H groups in total. The molecule has 0 amide bonds. The molecule has 0 atom stereocenters. The summed E-state index contributed by atoms with van der Waals surface area (Å²) in [5, 5.41) is 3.75. The topological polar surface area (TPSA) is 12.0 Å². The Kier molecular flexibility index (Phi) is 5.59. The van der Waals surface area contributed by atoms with E-state index in [0.29, 0.717) is 11.6 Å². The Morgan fingerprint density at radius 1 is 1.57 bits per heavy atom. The van der Waals surface area contributed by atoms with Crippen LogP contribution >= 0.6 is 61.7 Å². The molecule has 0 heterocycles. The third-order valence-corrected chi connectivity index (χ3v) is 3.47. The van der Waals surface area contributed by atoms with Crippen LogP contribution in [0, 0.1) is 3.57 Å². The van der Waals surface area contributed by atoms with Gasteiger partial charge in [0.15, 0.2) is 0 Å². The fourth-order valence-corrected chi connectivity index (χ4v) is 1.87. The van der Waals surface area contributed by atoms with Crippen LogP contribution < -0.4 is 5.32 Å². The van der Waals surface area contributed by atoms with Gasteiger partial charge in [0.2, 0.25) is 0 Å². The number of halogens is 4. The highest BCUT2D eigenvalue weighted by molar-refractivity contribution is 14.1. The van der Waals surface area contributed by atoms with Crippen molar-refractivity contribution in [2.24, 2.45) is 0 Å². The number of hydrogen-bond acceptors (Lipinski definition) is 1. The summed E-state index contributed by atoms with van der Waals surface area (Å²) in [5.74, 6) is 0. The maximum atomic E-state index is 5.76. The summed E-state index contributed by atoms with van der Waals surface area (Å²) in [6.45, 7) is 0.531. The summed E-state index contributed by atoms with van der Waals surface area (Å²) < 4.78 is 2.18. The number of rotatable bonds is 3. The van der Waals surface area contributed by atoms with Crippen molar-refractivity contribution in [3.8, 4) is 0 Å². The zero-order valence-electron chi connectivity index (χ0n) is 7.03. The van der Waals surface area contributed by atoms with E-state index in [2.05, 4.69) is 43.8 Å². The van der Waals surface area contributed by atoms with Gasteiger partial charge >= 0.3 is 0 Å². The van der Waals surface area contributed by atoms with Crippen molar-refractivity contribution in [2.45, 2.75) is 0 Å². The van der Waals surface area contributed by atoms with Crippen molar-refractivity contribution in [1.82, 2.24) is 0 Å². The van der Waals surface area contributed by atoms with Crippen molar-refractivity contribution >= 4 is 67.4 Å². The third kappa shape index (κ3) is 3.96. The molecule has 1 aromatic rings. The van der Waals surface area contributed by atoms with Gasteiger partial charge < -0.3 is 5.32 Å². The van der Waals surface area contributed by atoms with Crippen LogP contribution in [0.3, 0.4) is 0 Å². The molecule has 1 nitrogen and oxygen atoms in total. The SMILES string of the molecule is Cl/C=C(/Cl)CNc1cc(I)ccc1Br. The minimum Gasteiger partial charge on any atom is -0.379 e. The molecule has 5 heteroatoms. The van der Waals surface area contributed by atoms with E-state index in [-0.39, 0.29) is 0 Å². The third-order valence-electron chi connectivity index (χ3n) is 1.49. The van der Waals surface area contributed by atoms with Gasteiger partial charge in [-0.05, 0) is 56.7 Å². The van der Waals surface area contributed by atoms with Crippen molar-refractivity contribution in [3.63, 3.8) is 0 Å². The molecule has 0 spiro atoms. The highest BCUT2D eigenvalue weighted by Gasteiger charge is 2.00. The molecule has 0 unspecified atom stereocenters. The predicted octanol–water partition coefficient (Wildman–Crippen LogP) is 4.78. The van der Waals surface area contributed by atoms with Crippen LogP contribution in [-0.4, -0.2) is 6.54 Å². The minimum atomic E-state index is 0.531. The molecule has 0 aliphatic carbocycles. The van der Waals surface area contributed by atoms with E-state index >= 15 is 0 Å². The Morgan fingerprint density at radius 2 is 2.29 bits per heavy atom. The second-order valence-corrected chi connectivity index (χ2v) is 5.34. The van der Waals surface area contributed by atoms with Gasteiger partial charge in [-0.15, -0.1) is 0 Å². The lowest BCUT2D eigenvalue weighted by atomic mass is 10.3. The molecule has 0 bridgehead atoms. The largest absolute Gasteiger partial charge is 0.379 e. The molecule has 0 saturated heterocycles. The molecule has 0 radical (unpaired) electrons. The normalized spacial score (nSPS) is 11.6. The van der Waals surface area contributed by atoms with Gasteiger partial charge in [-0.25, -0.2) is 0 Å². The fourth-order valence-electron chi connectivity index (χ4n) is 0.851. The van der Waals surface area contributed by atoms with E-state index in [0.717, 1.165) is 10.2 Å². The van der Waals surface area contributed by atoms with Gasteiger partial charge in [0.1, 0.15) is 0 Å². The average Bonchev–Trinajstić information content (AvgIpc) is 2.19. The number of nitrogens with one attached hydrogen (secondary N) is 1. The Labute approximate surface area is 115 Å². The molecule has 76 valence electrons. The zero-order chi connectivity index (χ0) is 10.6. The monoisotopic (exact) mass is 405 g/mol. The van der Waals surface area contributed by atoms with E-state index in [9.17, 15) is 0 Å². The van der Waals surface area contributed by atoms with Gasteiger partial charge in [-0.3, -0.25) is 0 Å². The summed E-state index contributed by atoms with van der Waals surface area (Å²) in [6.07, 6.45) is 0. The van der Waals surface area contributed by atoms with Crippen LogP contribution in [0.15, 0.2) is 33.2 Å². The Balaban J connectivity index is 2.71. The van der Waals surface area contributed by atoms with Gasteiger partial charge in [-0.1, -0.05) is 23.2 Å². The number of benzene rings is 1. The van der Waals surface area contributed by atoms with E-state index in [1.54, 1.807) is 0 Å². The first-order chi connectivity index (χ1) is 6.63. The van der Waals surface area contributed by atoms with Crippen LogP contribution in [0.1, 0.15) is 0 Å². The highest BCUT2D eigenvalue weighted by Crippen LogP contribution is 2.24. The maximum absolute atomic E-state index is 5.76. The smallest absolute Gasteiger partial charge is 0.0517 e. The molecule has 0 aliphatic rings. The van der Waals surface area contributed by atoms with Gasteiger partial charge in [-0.2, -0.15) is 0 Å². The van der Waals surface area contributed by atoms with Gasteiger partial charge in [0.25, 0.3) is 0 Å². The van der Waals surface area contributed by atoms with Crippen LogP contribution in [0.25, 0.3) is 0 Å². The van der Waals surface area contributed by atoms with E-state index in [1.807, 2.05) is 18.2 Å². The Hall–Kier alpha value is 0.550. The fraction of sp³-hybridized carbons (Fsp3) is 0.111. The van der Waals surface area contributed by atoms with Crippen LogP contribution in [-0.2, 0) is 0 Å². The van der Waals surface area contributed by atoms with E-state index < -0.39 is 0 Å². The Bertz CT molecular complexity index is 355. The van der Waals surface area contributed by atoms with Crippen LogP contribution in [0.4, 0.5) is 5.69 Å². The van der Waals surface area contributed by atoms with Crippen LogP contribution in [0.5, 0.6) is 0 Å². The number of hydrogen-bond donors (Lipinski definition) is 1. The molecular weight excluding hydrogens is 400 g/mol.